The quantitative estimate of drug-likeness (QED) is 0.769. The summed E-state index contributed by atoms with van der Waals surface area (Å²) in [4.78, 5) is 0. The van der Waals surface area contributed by atoms with Crippen molar-refractivity contribution >= 4 is 24.2 Å². The van der Waals surface area contributed by atoms with Crippen LogP contribution < -0.4 is 0 Å². The van der Waals surface area contributed by atoms with Crippen molar-refractivity contribution in [2.24, 2.45) is 5.41 Å². The van der Waals surface area contributed by atoms with Gasteiger partial charge in [0.2, 0.25) is 0 Å². The average molecular weight is 217 g/mol. The minimum absolute atomic E-state index is 0.408. The van der Waals surface area contributed by atoms with E-state index in [1.165, 1.54) is 12.8 Å². The highest BCUT2D eigenvalue weighted by molar-refractivity contribution is 7.80. The summed E-state index contributed by atoms with van der Waals surface area (Å²) in [6, 6.07) is 0. The smallest absolute Gasteiger partial charge is 0.0814 e. The summed E-state index contributed by atoms with van der Waals surface area (Å²) < 4.78 is 1.95. The Morgan fingerprint density at radius 3 is 2.77 bits per heavy atom. The molecule has 1 aromatic heterocycles. The molecule has 4 heteroatoms. The summed E-state index contributed by atoms with van der Waals surface area (Å²) in [7, 11) is 0. The molecule has 0 spiro atoms. The molecule has 1 fully saturated rings. The third-order valence-corrected chi connectivity index (χ3v) is 3.72. The van der Waals surface area contributed by atoms with Gasteiger partial charge in [0.25, 0.3) is 0 Å². The molecule has 0 aliphatic heterocycles. The van der Waals surface area contributed by atoms with E-state index in [2.05, 4.69) is 17.7 Å². The molecule has 1 aliphatic rings. The predicted octanol–water partition coefficient (Wildman–Crippen LogP) is 2.55. The summed E-state index contributed by atoms with van der Waals surface area (Å²) in [6.07, 6.45) is 4.44. The van der Waals surface area contributed by atoms with Gasteiger partial charge in [-0.2, -0.15) is 17.7 Å². The standard InChI is InChI=1S/C9H13ClN2S/c1-7-8(10)4-12(11-7)5-9(6-13)2-3-9/h4,13H,2-3,5-6H2,1H3. The van der Waals surface area contributed by atoms with Crippen LogP contribution in [0.2, 0.25) is 5.02 Å². The Labute approximate surface area is 88.7 Å². The Balaban J connectivity index is 2.10. The molecule has 0 N–H and O–H groups in total. The summed E-state index contributed by atoms with van der Waals surface area (Å²) in [5.41, 5.74) is 1.32. The second kappa shape index (κ2) is 3.21. The minimum atomic E-state index is 0.408. The van der Waals surface area contributed by atoms with Crippen LogP contribution in [0.4, 0.5) is 0 Å². The topological polar surface area (TPSA) is 17.8 Å². The third-order valence-electron chi connectivity index (χ3n) is 2.68. The van der Waals surface area contributed by atoms with Crippen molar-refractivity contribution in [1.29, 1.82) is 0 Å². The number of aromatic nitrogens is 2. The van der Waals surface area contributed by atoms with Gasteiger partial charge in [-0.3, -0.25) is 4.68 Å². The second-order valence-corrected chi connectivity index (χ2v) is 4.64. The molecule has 13 heavy (non-hydrogen) atoms. The van der Waals surface area contributed by atoms with Crippen LogP contribution in [0.1, 0.15) is 18.5 Å². The molecule has 0 unspecified atom stereocenters. The molecule has 1 saturated carbocycles. The minimum Gasteiger partial charge on any atom is -0.270 e. The van der Waals surface area contributed by atoms with Crippen LogP contribution in [0.15, 0.2) is 6.20 Å². The lowest BCUT2D eigenvalue weighted by Gasteiger charge is -2.10. The van der Waals surface area contributed by atoms with Crippen LogP contribution in [0, 0.1) is 12.3 Å². The van der Waals surface area contributed by atoms with E-state index in [0.717, 1.165) is 23.0 Å². The van der Waals surface area contributed by atoms with Gasteiger partial charge in [-0.1, -0.05) is 11.6 Å². The first kappa shape index (κ1) is 9.41. The number of aryl methyl sites for hydroxylation is 1. The number of hydrogen-bond donors (Lipinski definition) is 1. The molecule has 0 saturated heterocycles. The van der Waals surface area contributed by atoms with E-state index in [1.807, 2.05) is 17.8 Å². The molecule has 1 aliphatic carbocycles. The van der Waals surface area contributed by atoms with Gasteiger partial charge in [-0.05, 0) is 30.9 Å². The van der Waals surface area contributed by atoms with Crippen LogP contribution in [0.3, 0.4) is 0 Å². The lowest BCUT2D eigenvalue weighted by Crippen LogP contribution is -2.13. The van der Waals surface area contributed by atoms with Gasteiger partial charge in [0.15, 0.2) is 0 Å². The van der Waals surface area contributed by atoms with Crippen LogP contribution in [-0.2, 0) is 6.54 Å². The summed E-state index contributed by atoms with van der Waals surface area (Å²) >= 11 is 10.3. The van der Waals surface area contributed by atoms with Gasteiger partial charge in [-0.15, -0.1) is 0 Å². The zero-order chi connectivity index (χ0) is 9.47. The molecule has 0 aromatic carbocycles. The first-order valence-corrected chi connectivity index (χ1v) is 5.47. The van der Waals surface area contributed by atoms with Gasteiger partial charge >= 0.3 is 0 Å². The molecular formula is C9H13ClN2S. The van der Waals surface area contributed by atoms with Crippen molar-refractivity contribution in [1.82, 2.24) is 9.78 Å². The molecule has 2 rings (SSSR count). The maximum atomic E-state index is 5.92. The van der Waals surface area contributed by atoms with Crippen LogP contribution in [0.25, 0.3) is 0 Å². The van der Waals surface area contributed by atoms with Crippen molar-refractivity contribution < 1.29 is 0 Å². The lowest BCUT2D eigenvalue weighted by molar-refractivity contribution is 0.439. The fourth-order valence-corrected chi connectivity index (χ4v) is 2.03. The number of hydrogen-bond acceptors (Lipinski definition) is 2. The Morgan fingerprint density at radius 2 is 2.38 bits per heavy atom. The van der Waals surface area contributed by atoms with Crippen molar-refractivity contribution in [2.45, 2.75) is 26.3 Å². The normalized spacial score (nSPS) is 19.0. The Kier molecular flexibility index (Phi) is 2.32. The van der Waals surface area contributed by atoms with E-state index in [-0.39, 0.29) is 0 Å². The zero-order valence-corrected chi connectivity index (χ0v) is 9.28. The van der Waals surface area contributed by atoms with E-state index >= 15 is 0 Å². The fraction of sp³-hybridized carbons (Fsp3) is 0.667. The van der Waals surface area contributed by atoms with Crippen molar-refractivity contribution in [2.75, 3.05) is 5.75 Å². The van der Waals surface area contributed by atoms with Crippen molar-refractivity contribution in [3.8, 4) is 0 Å². The van der Waals surface area contributed by atoms with Crippen molar-refractivity contribution in [3.63, 3.8) is 0 Å². The summed E-state index contributed by atoms with van der Waals surface area (Å²) in [6.45, 7) is 2.89. The first-order chi connectivity index (χ1) is 6.15. The van der Waals surface area contributed by atoms with E-state index in [4.69, 9.17) is 11.6 Å². The summed E-state index contributed by atoms with van der Waals surface area (Å²) in [5, 5.41) is 5.09. The number of thiol groups is 1. The Hall–Kier alpha value is -0.150. The molecule has 1 heterocycles. The van der Waals surface area contributed by atoms with Crippen LogP contribution in [0.5, 0.6) is 0 Å². The molecule has 0 radical (unpaired) electrons. The maximum absolute atomic E-state index is 5.92. The average Bonchev–Trinajstić information content (AvgIpc) is 2.78. The summed E-state index contributed by atoms with van der Waals surface area (Å²) in [5.74, 6) is 0.948. The van der Waals surface area contributed by atoms with Crippen LogP contribution >= 0.6 is 24.2 Å². The van der Waals surface area contributed by atoms with Gasteiger partial charge in [-0.25, -0.2) is 0 Å². The SMILES string of the molecule is Cc1nn(CC2(CS)CC2)cc1Cl. The molecule has 0 amide bonds. The molecule has 0 bridgehead atoms. The van der Waals surface area contributed by atoms with Crippen molar-refractivity contribution in [3.05, 3.63) is 16.9 Å². The second-order valence-electron chi connectivity index (χ2n) is 3.92. The molecule has 72 valence electrons. The van der Waals surface area contributed by atoms with E-state index in [9.17, 15) is 0 Å². The Bertz CT molecular complexity index is 298. The van der Waals surface area contributed by atoms with Gasteiger partial charge in [0.1, 0.15) is 0 Å². The van der Waals surface area contributed by atoms with E-state index < -0.39 is 0 Å². The largest absolute Gasteiger partial charge is 0.270 e. The van der Waals surface area contributed by atoms with Gasteiger partial charge in [0, 0.05) is 12.7 Å². The maximum Gasteiger partial charge on any atom is 0.0814 e. The number of rotatable bonds is 3. The van der Waals surface area contributed by atoms with E-state index in [1.54, 1.807) is 0 Å². The monoisotopic (exact) mass is 216 g/mol. The predicted molar refractivity (Wildman–Crippen MR) is 57.5 cm³/mol. The highest BCUT2D eigenvalue weighted by Gasteiger charge is 2.41. The van der Waals surface area contributed by atoms with E-state index in [0.29, 0.717) is 5.41 Å². The molecule has 2 nitrogen and oxygen atoms in total. The van der Waals surface area contributed by atoms with Gasteiger partial charge in [0.05, 0.1) is 10.7 Å². The number of nitrogens with zero attached hydrogens (tertiary/aromatic N) is 2. The first-order valence-electron chi connectivity index (χ1n) is 4.46. The number of halogens is 1. The third kappa shape index (κ3) is 1.86. The molecule has 0 atom stereocenters. The molecule has 1 aromatic rings. The lowest BCUT2D eigenvalue weighted by atomic mass is 10.1. The molecular weight excluding hydrogens is 204 g/mol. The van der Waals surface area contributed by atoms with Crippen LogP contribution in [-0.4, -0.2) is 15.5 Å². The van der Waals surface area contributed by atoms with Gasteiger partial charge < -0.3 is 0 Å². The zero-order valence-electron chi connectivity index (χ0n) is 7.63. The highest BCUT2D eigenvalue weighted by atomic mass is 35.5. The fourth-order valence-electron chi connectivity index (χ4n) is 1.46. The Morgan fingerprint density at radius 1 is 1.69 bits per heavy atom. The highest BCUT2D eigenvalue weighted by Crippen LogP contribution is 2.47.